The molecule has 86 valence electrons. The molecule has 17 heavy (non-hydrogen) atoms. The van der Waals surface area contributed by atoms with Crippen LogP contribution in [0.2, 0.25) is 0 Å². The maximum Gasteiger partial charge on any atom is 0.0389 e. The molecule has 2 aromatic rings. The molecule has 0 radical (unpaired) electrons. The first-order valence-corrected chi connectivity index (χ1v) is 6.16. The summed E-state index contributed by atoms with van der Waals surface area (Å²) in [5.74, 6) is 0. The van der Waals surface area contributed by atoms with Gasteiger partial charge in [0, 0.05) is 12.6 Å². The molecule has 0 bridgehead atoms. The first kappa shape index (κ1) is 10.5. The van der Waals surface area contributed by atoms with E-state index in [1.165, 1.54) is 16.7 Å². The summed E-state index contributed by atoms with van der Waals surface area (Å²) in [6, 6.07) is 20.1. The van der Waals surface area contributed by atoms with Crippen LogP contribution in [0.3, 0.4) is 0 Å². The van der Waals surface area contributed by atoms with Gasteiger partial charge in [0.1, 0.15) is 0 Å². The van der Waals surface area contributed by atoms with Gasteiger partial charge >= 0.3 is 0 Å². The Hall–Kier alpha value is -1.60. The van der Waals surface area contributed by atoms with E-state index in [0.29, 0.717) is 6.04 Å². The maximum atomic E-state index is 2.44. The summed E-state index contributed by atoms with van der Waals surface area (Å²) >= 11 is 0. The molecule has 0 aliphatic carbocycles. The van der Waals surface area contributed by atoms with E-state index in [0.717, 1.165) is 13.0 Å². The largest absolute Gasteiger partial charge is 0.295 e. The lowest BCUT2D eigenvalue weighted by Crippen LogP contribution is -2.30. The van der Waals surface area contributed by atoms with Crippen LogP contribution in [0.25, 0.3) is 0 Å². The van der Waals surface area contributed by atoms with Gasteiger partial charge in [0.05, 0.1) is 0 Å². The van der Waals surface area contributed by atoms with Gasteiger partial charge in [0.25, 0.3) is 0 Å². The van der Waals surface area contributed by atoms with Crippen molar-refractivity contribution >= 4 is 0 Å². The van der Waals surface area contributed by atoms with Gasteiger partial charge in [0.2, 0.25) is 0 Å². The van der Waals surface area contributed by atoms with Crippen molar-refractivity contribution in [1.82, 2.24) is 4.90 Å². The van der Waals surface area contributed by atoms with E-state index in [1.54, 1.807) is 0 Å². The van der Waals surface area contributed by atoms with Crippen molar-refractivity contribution in [3.05, 3.63) is 71.3 Å². The first-order valence-electron chi connectivity index (χ1n) is 6.16. The second kappa shape index (κ2) is 4.34. The number of nitrogens with zero attached hydrogens (tertiary/aromatic N) is 1. The van der Waals surface area contributed by atoms with Gasteiger partial charge in [-0.05, 0) is 30.2 Å². The highest BCUT2D eigenvalue weighted by molar-refractivity contribution is 5.33. The number of fused-ring (bicyclic) bond motifs is 1. The third kappa shape index (κ3) is 1.98. The quantitative estimate of drug-likeness (QED) is 0.716. The Morgan fingerprint density at radius 3 is 2.29 bits per heavy atom. The lowest BCUT2D eigenvalue weighted by Gasteiger charge is -2.34. The fraction of sp³-hybridized carbons (Fsp3) is 0.250. The van der Waals surface area contributed by atoms with E-state index in [2.05, 4.69) is 66.5 Å². The molecule has 0 aromatic heterocycles. The molecule has 0 saturated heterocycles. The van der Waals surface area contributed by atoms with Crippen LogP contribution in [-0.2, 0) is 13.0 Å². The topological polar surface area (TPSA) is 3.24 Å². The molecule has 0 amide bonds. The van der Waals surface area contributed by atoms with Crippen molar-refractivity contribution in [2.24, 2.45) is 0 Å². The van der Waals surface area contributed by atoms with E-state index < -0.39 is 0 Å². The average Bonchev–Trinajstić information content (AvgIpc) is 2.39. The van der Waals surface area contributed by atoms with Gasteiger partial charge in [-0.2, -0.15) is 0 Å². The molecule has 1 atom stereocenters. The highest BCUT2D eigenvalue weighted by atomic mass is 15.1. The fourth-order valence-electron chi connectivity index (χ4n) is 2.70. The molecular weight excluding hydrogens is 206 g/mol. The molecule has 0 saturated carbocycles. The highest BCUT2D eigenvalue weighted by Crippen LogP contribution is 2.31. The first-order chi connectivity index (χ1) is 8.34. The van der Waals surface area contributed by atoms with Gasteiger partial charge in [0.15, 0.2) is 0 Å². The minimum absolute atomic E-state index is 0.520. The minimum atomic E-state index is 0.520. The second-order valence-corrected chi connectivity index (χ2v) is 4.81. The Bertz CT molecular complexity index is 504. The zero-order valence-electron chi connectivity index (χ0n) is 10.1. The smallest absolute Gasteiger partial charge is 0.0389 e. The molecule has 1 heteroatoms. The number of likely N-dealkylation sites (N-methyl/N-ethyl adjacent to an activating group) is 1. The predicted octanol–water partition coefficient (Wildman–Crippen LogP) is 3.42. The standard InChI is InChI=1S/C16H17N/c1-17-12-15-10-6-5-9-14(15)11-16(17)13-7-3-2-4-8-13/h2-10,16H,11-12H2,1H3/t16-/m0/s1. The summed E-state index contributed by atoms with van der Waals surface area (Å²) in [5.41, 5.74) is 4.39. The molecule has 3 rings (SSSR count). The molecule has 0 N–H and O–H groups in total. The van der Waals surface area contributed by atoms with E-state index >= 15 is 0 Å². The van der Waals surface area contributed by atoms with Crippen molar-refractivity contribution < 1.29 is 0 Å². The summed E-state index contributed by atoms with van der Waals surface area (Å²) in [6.07, 6.45) is 1.12. The fourth-order valence-corrected chi connectivity index (χ4v) is 2.70. The Morgan fingerprint density at radius 1 is 0.882 bits per heavy atom. The molecule has 0 unspecified atom stereocenters. The van der Waals surface area contributed by atoms with E-state index in [4.69, 9.17) is 0 Å². The number of benzene rings is 2. The number of hydrogen-bond donors (Lipinski definition) is 0. The van der Waals surface area contributed by atoms with Crippen LogP contribution in [0, 0.1) is 0 Å². The minimum Gasteiger partial charge on any atom is -0.295 e. The monoisotopic (exact) mass is 223 g/mol. The van der Waals surface area contributed by atoms with Crippen LogP contribution >= 0.6 is 0 Å². The lowest BCUT2D eigenvalue weighted by atomic mass is 9.90. The van der Waals surface area contributed by atoms with Crippen molar-refractivity contribution in [3.63, 3.8) is 0 Å². The average molecular weight is 223 g/mol. The van der Waals surface area contributed by atoms with E-state index in [-0.39, 0.29) is 0 Å². The summed E-state index contributed by atoms with van der Waals surface area (Å²) in [7, 11) is 2.22. The highest BCUT2D eigenvalue weighted by Gasteiger charge is 2.23. The van der Waals surface area contributed by atoms with E-state index in [1.807, 2.05) is 0 Å². The third-order valence-electron chi connectivity index (χ3n) is 3.67. The van der Waals surface area contributed by atoms with Crippen LogP contribution in [0.5, 0.6) is 0 Å². The molecule has 2 aromatic carbocycles. The van der Waals surface area contributed by atoms with Gasteiger partial charge < -0.3 is 0 Å². The molecule has 1 aliphatic heterocycles. The summed E-state index contributed by atoms with van der Waals surface area (Å²) in [6.45, 7) is 1.05. The third-order valence-corrected chi connectivity index (χ3v) is 3.67. The Morgan fingerprint density at radius 2 is 1.53 bits per heavy atom. The van der Waals surface area contributed by atoms with Crippen molar-refractivity contribution in [2.45, 2.75) is 19.0 Å². The molecule has 0 spiro atoms. The zero-order chi connectivity index (χ0) is 11.7. The molecule has 1 aliphatic rings. The molecule has 1 heterocycles. The second-order valence-electron chi connectivity index (χ2n) is 4.81. The van der Waals surface area contributed by atoms with Crippen molar-refractivity contribution in [1.29, 1.82) is 0 Å². The zero-order valence-corrected chi connectivity index (χ0v) is 10.1. The molecule has 0 fully saturated rings. The van der Waals surface area contributed by atoms with Crippen LogP contribution < -0.4 is 0 Å². The predicted molar refractivity (Wildman–Crippen MR) is 70.8 cm³/mol. The van der Waals surface area contributed by atoms with Crippen LogP contribution in [0.15, 0.2) is 54.6 Å². The number of hydrogen-bond acceptors (Lipinski definition) is 1. The Kier molecular flexibility index (Phi) is 2.69. The van der Waals surface area contributed by atoms with Gasteiger partial charge in [-0.1, -0.05) is 54.6 Å². The van der Waals surface area contributed by atoms with Crippen molar-refractivity contribution in [2.75, 3.05) is 7.05 Å². The van der Waals surface area contributed by atoms with Gasteiger partial charge in [-0.15, -0.1) is 0 Å². The molecular formula is C16H17N. The van der Waals surface area contributed by atoms with Crippen LogP contribution in [0.1, 0.15) is 22.7 Å². The Balaban J connectivity index is 1.95. The van der Waals surface area contributed by atoms with Crippen molar-refractivity contribution in [3.8, 4) is 0 Å². The maximum absolute atomic E-state index is 2.44. The van der Waals surface area contributed by atoms with Crippen LogP contribution in [-0.4, -0.2) is 11.9 Å². The lowest BCUT2D eigenvalue weighted by molar-refractivity contribution is 0.218. The summed E-state index contributed by atoms with van der Waals surface area (Å²) in [5, 5.41) is 0. The van der Waals surface area contributed by atoms with Gasteiger partial charge in [-0.3, -0.25) is 4.90 Å². The Labute approximate surface area is 103 Å². The number of rotatable bonds is 1. The van der Waals surface area contributed by atoms with Gasteiger partial charge in [-0.25, -0.2) is 0 Å². The molecule has 1 nitrogen and oxygen atoms in total. The van der Waals surface area contributed by atoms with Crippen LogP contribution in [0.4, 0.5) is 0 Å². The normalized spacial score (nSPS) is 19.9. The summed E-state index contributed by atoms with van der Waals surface area (Å²) in [4.78, 5) is 2.44. The van der Waals surface area contributed by atoms with E-state index in [9.17, 15) is 0 Å². The summed E-state index contributed by atoms with van der Waals surface area (Å²) < 4.78 is 0. The SMILES string of the molecule is CN1Cc2ccccc2C[C@H]1c1ccccc1.